The second-order valence-corrected chi connectivity index (χ2v) is 4.56. The van der Waals surface area contributed by atoms with Gasteiger partial charge in [0, 0.05) is 0 Å². The van der Waals surface area contributed by atoms with Crippen LogP contribution < -0.4 is 5.32 Å². The zero-order valence-electron chi connectivity index (χ0n) is 11.2. The molecule has 0 spiro atoms. The minimum Gasteiger partial charge on any atom is -0.460 e. The summed E-state index contributed by atoms with van der Waals surface area (Å²) >= 11 is 0. The van der Waals surface area contributed by atoms with Crippen molar-refractivity contribution in [1.82, 2.24) is 5.32 Å². The summed E-state index contributed by atoms with van der Waals surface area (Å²) < 4.78 is 5.28. The lowest BCUT2D eigenvalue weighted by Gasteiger charge is -2.17. The fourth-order valence-corrected chi connectivity index (χ4v) is 1.63. The molecule has 0 saturated carbocycles. The first kappa shape index (κ1) is 16.9. The zero-order chi connectivity index (χ0) is 12.7. The van der Waals surface area contributed by atoms with Crippen LogP contribution in [0.3, 0.4) is 0 Å². The van der Waals surface area contributed by atoms with Gasteiger partial charge < -0.3 is 10.1 Å². The first-order valence-electron chi connectivity index (χ1n) is 6.01. The lowest BCUT2D eigenvalue weighted by molar-refractivity contribution is -0.147. The first-order valence-corrected chi connectivity index (χ1v) is 6.01. The Morgan fingerprint density at radius 1 is 1.28 bits per heavy atom. The van der Waals surface area contributed by atoms with Gasteiger partial charge in [0.05, 0.1) is 0 Å². The topological polar surface area (TPSA) is 38.3 Å². The Labute approximate surface area is 115 Å². The molecule has 1 atom stereocenters. The molecule has 0 aliphatic rings. The van der Waals surface area contributed by atoms with E-state index in [2.05, 4.69) is 19.2 Å². The monoisotopic (exact) mass is 271 g/mol. The van der Waals surface area contributed by atoms with Crippen LogP contribution in [0.4, 0.5) is 0 Å². The van der Waals surface area contributed by atoms with Crippen molar-refractivity contribution in [3.05, 3.63) is 35.9 Å². The van der Waals surface area contributed by atoms with E-state index in [0.717, 1.165) is 12.0 Å². The van der Waals surface area contributed by atoms with Gasteiger partial charge >= 0.3 is 5.97 Å². The van der Waals surface area contributed by atoms with E-state index in [0.29, 0.717) is 12.5 Å². The van der Waals surface area contributed by atoms with Crippen molar-refractivity contribution < 1.29 is 9.53 Å². The molecule has 1 aromatic rings. The Hall–Kier alpha value is -1.06. The van der Waals surface area contributed by atoms with E-state index in [1.165, 1.54) is 0 Å². The maximum atomic E-state index is 11.8. The van der Waals surface area contributed by atoms with Gasteiger partial charge in [0.15, 0.2) is 0 Å². The minimum atomic E-state index is -0.210. The summed E-state index contributed by atoms with van der Waals surface area (Å²) in [6, 6.07) is 9.51. The number of esters is 1. The Morgan fingerprint density at radius 3 is 2.39 bits per heavy atom. The molecule has 0 saturated heterocycles. The normalized spacial score (nSPS) is 11.8. The van der Waals surface area contributed by atoms with Crippen LogP contribution in [0.2, 0.25) is 0 Å². The SMILES string of the molecule is CN[C@@H](CC(C)C)C(=O)OCc1ccccc1.Cl. The summed E-state index contributed by atoms with van der Waals surface area (Å²) in [5.41, 5.74) is 1.01. The molecule has 0 unspecified atom stereocenters. The highest BCUT2D eigenvalue weighted by Gasteiger charge is 2.18. The third-order valence-electron chi connectivity index (χ3n) is 2.56. The molecule has 1 rings (SSSR count). The fraction of sp³-hybridized carbons (Fsp3) is 0.500. The number of hydrogen-bond donors (Lipinski definition) is 1. The molecule has 0 radical (unpaired) electrons. The van der Waals surface area contributed by atoms with E-state index in [4.69, 9.17) is 4.74 Å². The number of ether oxygens (including phenoxy) is 1. The maximum absolute atomic E-state index is 11.8. The van der Waals surface area contributed by atoms with Crippen LogP contribution in [-0.2, 0) is 16.1 Å². The van der Waals surface area contributed by atoms with Gasteiger partial charge in [0.25, 0.3) is 0 Å². The number of benzene rings is 1. The summed E-state index contributed by atoms with van der Waals surface area (Å²) in [6.07, 6.45) is 0.796. The molecule has 0 aliphatic carbocycles. The van der Waals surface area contributed by atoms with E-state index in [1.54, 1.807) is 7.05 Å². The Kier molecular flexibility index (Phi) is 8.42. The second-order valence-electron chi connectivity index (χ2n) is 4.56. The molecule has 102 valence electrons. The van der Waals surface area contributed by atoms with Gasteiger partial charge in [-0.1, -0.05) is 44.2 Å². The molecule has 0 bridgehead atoms. The van der Waals surface area contributed by atoms with Crippen molar-refractivity contribution >= 4 is 18.4 Å². The smallest absolute Gasteiger partial charge is 0.323 e. The second kappa shape index (κ2) is 8.95. The maximum Gasteiger partial charge on any atom is 0.323 e. The van der Waals surface area contributed by atoms with Crippen molar-refractivity contribution in [3.63, 3.8) is 0 Å². The molecular weight excluding hydrogens is 250 g/mol. The van der Waals surface area contributed by atoms with Crippen molar-refractivity contribution in [3.8, 4) is 0 Å². The van der Waals surface area contributed by atoms with Gasteiger partial charge in [0.1, 0.15) is 12.6 Å². The van der Waals surface area contributed by atoms with E-state index >= 15 is 0 Å². The van der Waals surface area contributed by atoms with E-state index in [1.807, 2.05) is 30.3 Å². The third-order valence-corrected chi connectivity index (χ3v) is 2.56. The van der Waals surface area contributed by atoms with Crippen molar-refractivity contribution in [2.24, 2.45) is 5.92 Å². The standard InChI is InChI=1S/C14H21NO2.ClH/c1-11(2)9-13(15-3)14(16)17-10-12-7-5-4-6-8-12;/h4-8,11,13,15H,9-10H2,1-3H3;1H/t13-;/m0./s1. The first-order chi connectivity index (χ1) is 8.13. The molecule has 0 aromatic heterocycles. The average molecular weight is 272 g/mol. The third kappa shape index (κ3) is 6.03. The highest BCUT2D eigenvalue weighted by molar-refractivity contribution is 5.85. The number of likely N-dealkylation sites (N-methyl/N-ethyl adjacent to an activating group) is 1. The predicted molar refractivity (Wildman–Crippen MR) is 75.8 cm³/mol. The Bertz CT molecular complexity index is 341. The number of halogens is 1. The van der Waals surface area contributed by atoms with Gasteiger partial charge in [0.2, 0.25) is 0 Å². The summed E-state index contributed by atoms with van der Waals surface area (Å²) in [6.45, 7) is 4.53. The lowest BCUT2D eigenvalue weighted by Crippen LogP contribution is -2.36. The van der Waals surface area contributed by atoms with Crippen LogP contribution in [0, 0.1) is 5.92 Å². The lowest BCUT2D eigenvalue weighted by atomic mass is 10.0. The number of carbonyl (C=O) groups is 1. The predicted octanol–water partition coefficient (Wildman–Crippen LogP) is 2.79. The zero-order valence-corrected chi connectivity index (χ0v) is 12.0. The quantitative estimate of drug-likeness (QED) is 0.809. The van der Waals surface area contributed by atoms with Gasteiger partial charge in [-0.15, -0.1) is 12.4 Å². The van der Waals surface area contributed by atoms with Crippen LogP contribution in [0.25, 0.3) is 0 Å². The van der Waals surface area contributed by atoms with E-state index < -0.39 is 0 Å². The molecule has 18 heavy (non-hydrogen) atoms. The molecule has 1 N–H and O–H groups in total. The minimum absolute atomic E-state index is 0. The highest BCUT2D eigenvalue weighted by Crippen LogP contribution is 2.08. The molecule has 0 aliphatic heterocycles. The van der Waals surface area contributed by atoms with Gasteiger partial charge in [-0.25, -0.2) is 0 Å². The Morgan fingerprint density at radius 2 is 1.89 bits per heavy atom. The van der Waals surface area contributed by atoms with E-state index in [9.17, 15) is 4.79 Å². The van der Waals surface area contributed by atoms with Crippen LogP contribution in [-0.4, -0.2) is 19.1 Å². The van der Waals surface area contributed by atoms with Crippen LogP contribution >= 0.6 is 12.4 Å². The summed E-state index contributed by atoms with van der Waals surface area (Å²) in [5, 5.41) is 2.99. The molecule has 0 heterocycles. The van der Waals surface area contributed by atoms with Crippen LogP contribution in [0.5, 0.6) is 0 Å². The largest absolute Gasteiger partial charge is 0.460 e. The number of hydrogen-bond acceptors (Lipinski definition) is 3. The van der Waals surface area contributed by atoms with Crippen molar-refractivity contribution in [1.29, 1.82) is 0 Å². The summed E-state index contributed by atoms with van der Waals surface area (Å²) in [5.74, 6) is 0.293. The number of carbonyl (C=O) groups excluding carboxylic acids is 1. The highest BCUT2D eigenvalue weighted by atomic mass is 35.5. The molecule has 3 nitrogen and oxygen atoms in total. The fourth-order valence-electron chi connectivity index (χ4n) is 1.63. The van der Waals surface area contributed by atoms with E-state index in [-0.39, 0.29) is 24.4 Å². The van der Waals surface area contributed by atoms with Gasteiger partial charge in [-0.3, -0.25) is 4.79 Å². The summed E-state index contributed by atoms with van der Waals surface area (Å²) in [4.78, 5) is 11.8. The average Bonchev–Trinajstić information content (AvgIpc) is 2.34. The molecule has 0 fully saturated rings. The number of rotatable bonds is 6. The molecule has 0 amide bonds. The van der Waals surface area contributed by atoms with Crippen LogP contribution in [0.1, 0.15) is 25.8 Å². The molecular formula is C14H22ClNO2. The molecule has 4 heteroatoms. The van der Waals surface area contributed by atoms with Gasteiger partial charge in [-0.05, 0) is 24.9 Å². The van der Waals surface area contributed by atoms with Gasteiger partial charge in [-0.2, -0.15) is 0 Å². The molecule has 1 aromatic carbocycles. The van der Waals surface area contributed by atoms with Crippen molar-refractivity contribution in [2.75, 3.05) is 7.05 Å². The van der Waals surface area contributed by atoms with Crippen molar-refractivity contribution in [2.45, 2.75) is 32.9 Å². The Balaban J connectivity index is 0.00000289. The number of nitrogens with one attached hydrogen (secondary N) is 1. The summed E-state index contributed by atoms with van der Waals surface area (Å²) in [7, 11) is 1.79. The van der Waals surface area contributed by atoms with Crippen LogP contribution in [0.15, 0.2) is 30.3 Å².